The van der Waals surface area contributed by atoms with E-state index in [0.29, 0.717) is 19.4 Å². The second-order valence-electron chi connectivity index (χ2n) is 4.76. The highest BCUT2D eigenvalue weighted by molar-refractivity contribution is 7.91. The third-order valence-electron chi connectivity index (χ3n) is 3.16. The lowest BCUT2D eigenvalue weighted by Crippen LogP contribution is -2.32. The van der Waals surface area contributed by atoms with Crippen LogP contribution >= 0.6 is 0 Å². The molecule has 94 valence electrons. The Morgan fingerprint density at radius 2 is 1.82 bits per heavy atom. The van der Waals surface area contributed by atoms with Gasteiger partial charge in [0.1, 0.15) is 0 Å². The van der Waals surface area contributed by atoms with Gasteiger partial charge in [0.25, 0.3) is 0 Å². The number of sulfone groups is 1. The van der Waals surface area contributed by atoms with E-state index in [-0.39, 0.29) is 11.5 Å². The largest absolute Gasteiger partial charge is 0.388 e. The van der Waals surface area contributed by atoms with Gasteiger partial charge in [-0.25, -0.2) is 8.42 Å². The predicted octanol–water partition coefficient (Wildman–Crippen LogP) is 0.237. The highest BCUT2D eigenvalue weighted by Crippen LogP contribution is 2.27. The summed E-state index contributed by atoms with van der Waals surface area (Å²) in [6.45, 7) is 0.485. The van der Waals surface area contributed by atoms with Gasteiger partial charge in [0.05, 0.1) is 17.1 Å². The van der Waals surface area contributed by atoms with Crippen LogP contribution in [0.5, 0.6) is 0 Å². The molecule has 1 aromatic rings. The molecule has 1 atom stereocenters. The molecule has 3 N–H and O–H groups in total. The van der Waals surface area contributed by atoms with Crippen LogP contribution in [0.3, 0.4) is 0 Å². The Morgan fingerprint density at radius 3 is 2.29 bits per heavy atom. The van der Waals surface area contributed by atoms with Gasteiger partial charge >= 0.3 is 0 Å². The molecule has 0 spiro atoms. The van der Waals surface area contributed by atoms with Gasteiger partial charge in [-0.05, 0) is 17.5 Å². The Morgan fingerprint density at radius 1 is 1.24 bits per heavy atom. The molecule has 0 saturated carbocycles. The van der Waals surface area contributed by atoms with Gasteiger partial charge in [-0.1, -0.05) is 24.3 Å². The third-order valence-corrected chi connectivity index (χ3v) is 4.96. The van der Waals surface area contributed by atoms with Crippen LogP contribution in [0.15, 0.2) is 24.3 Å². The first-order valence-corrected chi connectivity index (χ1v) is 7.45. The van der Waals surface area contributed by atoms with Crippen LogP contribution in [0.25, 0.3) is 0 Å². The highest BCUT2D eigenvalue weighted by Gasteiger charge is 2.40. The second-order valence-corrected chi connectivity index (χ2v) is 6.95. The molecule has 1 unspecified atom stereocenters. The summed E-state index contributed by atoms with van der Waals surface area (Å²) in [5.41, 5.74) is 6.38. The zero-order valence-electron chi connectivity index (χ0n) is 9.59. The van der Waals surface area contributed by atoms with Crippen LogP contribution < -0.4 is 5.73 Å². The van der Waals surface area contributed by atoms with Crippen LogP contribution in [0.4, 0.5) is 0 Å². The molecule has 0 bridgehead atoms. The summed E-state index contributed by atoms with van der Waals surface area (Å²) in [5, 5.41) is 10.2. The van der Waals surface area contributed by atoms with E-state index >= 15 is 0 Å². The first-order valence-electron chi connectivity index (χ1n) is 5.63. The van der Waals surface area contributed by atoms with E-state index in [9.17, 15) is 13.5 Å². The monoisotopic (exact) mass is 255 g/mol. The molecular weight excluding hydrogens is 238 g/mol. The minimum atomic E-state index is -3.06. The first-order chi connectivity index (χ1) is 7.92. The molecule has 1 saturated heterocycles. The molecule has 1 fully saturated rings. The molecule has 4 nitrogen and oxygen atoms in total. The van der Waals surface area contributed by atoms with Crippen molar-refractivity contribution in [3.8, 4) is 0 Å². The minimum absolute atomic E-state index is 0.0877. The van der Waals surface area contributed by atoms with Gasteiger partial charge in [-0.15, -0.1) is 0 Å². The lowest BCUT2D eigenvalue weighted by Gasteiger charge is -2.20. The van der Waals surface area contributed by atoms with E-state index in [4.69, 9.17) is 5.73 Å². The Balaban J connectivity index is 2.10. The van der Waals surface area contributed by atoms with Gasteiger partial charge < -0.3 is 10.8 Å². The molecule has 0 aromatic heterocycles. The summed E-state index contributed by atoms with van der Waals surface area (Å²) < 4.78 is 22.7. The average molecular weight is 255 g/mol. The first kappa shape index (κ1) is 12.5. The summed E-state index contributed by atoms with van der Waals surface area (Å²) in [7, 11) is -3.06. The van der Waals surface area contributed by atoms with Crippen LogP contribution in [-0.4, -0.2) is 30.6 Å². The Kier molecular flexibility index (Phi) is 3.25. The number of nitrogens with two attached hydrogens (primary N) is 1. The van der Waals surface area contributed by atoms with Crippen molar-refractivity contribution in [2.75, 3.05) is 11.5 Å². The number of hydrogen-bond donors (Lipinski definition) is 2. The molecule has 0 aliphatic carbocycles. The molecule has 1 aliphatic rings. The maximum atomic E-state index is 11.4. The van der Waals surface area contributed by atoms with E-state index in [2.05, 4.69) is 0 Å². The van der Waals surface area contributed by atoms with Crippen molar-refractivity contribution in [3.63, 3.8) is 0 Å². The molecule has 2 rings (SSSR count). The van der Waals surface area contributed by atoms with Gasteiger partial charge in [0, 0.05) is 13.0 Å². The SMILES string of the molecule is NCc1ccc(CC2(O)CCS(=O)(=O)C2)cc1. The fraction of sp³-hybridized carbons (Fsp3) is 0.500. The van der Waals surface area contributed by atoms with Gasteiger partial charge in [0.15, 0.2) is 9.84 Å². The Labute approximate surface area is 101 Å². The summed E-state index contributed by atoms with van der Waals surface area (Å²) in [6, 6.07) is 7.60. The number of benzene rings is 1. The normalized spacial score (nSPS) is 27.2. The number of hydrogen-bond acceptors (Lipinski definition) is 4. The molecular formula is C12H17NO3S. The van der Waals surface area contributed by atoms with Crippen LogP contribution in [0.1, 0.15) is 17.5 Å². The zero-order chi connectivity index (χ0) is 12.5. The van der Waals surface area contributed by atoms with Gasteiger partial charge in [-0.2, -0.15) is 0 Å². The molecule has 1 aliphatic heterocycles. The summed E-state index contributed by atoms with van der Waals surface area (Å²) in [5.74, 6) is -0.0387. The van der Waals surface area contributed by atoms with E-state index in [1.165, 1.54) is 0 Å². The average Bonchev–Trinajstić information content (AvgIpc) is 2.54. The van der Waals surface area contributed by atoms with Crippen molar-refractivity contribution in [2.24, 2.45) is 5.73 Å². The highest BCUT2D eigenvalue weighted by atomic mass is 32.2. The Hall–Kier alpha value is -0.910. The molecule has 0 radical (unpaired) electrons. The number of rotatable bonds is 3. The zero-order valence-corrected chi connectivity index (χ0v) is 10.4. The fourth-order valence-electron chi connectivity index (χ4n) is 2.21. The molecule has 1 aromatic carbocycles. The van der Waals surface area contributed by atoms with Crippen LogP contribution in [0, 0.1) is 0 Å². The van der Waals surface area contributed by atoms with Crippen molar-refractivity contribution in [1.29, 1.82) is 0 Å². The quantitative estimate of drug-likeness (QED) is 0.810. The van der Waals surface area contributed by atoms with Crippen LogP contribution in [0.2, 0.25) is 0 Å². The molecule has 17 heavy (non-hydrogen) atoms. The van der Waals surface area contributed by atoms with Gasteiger partial charge in [0.2, 0.25) is 0 Å². The third kappa shape index (κ3) is 3.06. The lowest BCUT2D eigenvalue weighted by atomic mass is 9.94. The molecule has 5 heteroatoms. The van der Waals surface area contributed by atoms with E-state index < -0.39 is 15.4 Å². The van der Waals surface area contributed by atoms with E-state index in [0.717, 1.165) is 11.1 Å². The lowest BCUT2D eigenvalue weighted by molar-refractivity contribution is 0.0682. The summed E-state index contributed by atoms with van der Waals surface area (Å²) in [4.78, 5) is 0. The van der Waals surface area contributed by atoms with Crippen molar-refractivity contribution in [2.45, 2.75) is 25.0 Å². The van der Waals surface area contributed by atoms with E-state index in [1.54, 1.807) is 0 Å². The van der Waals surface area contributed by atoms with Crippen molar-refractivity contribution < 1.29 is 13.5 Å². The predicted molar refractivity (Wildman–Crippen MR) is 66.3 cm³/mol. The topological polar surface area (TPSA) is 80.4 Å². The van der Waals surface area contributed by atoms with Crippen LogP contribution in [-0.2, 0) is 22.8 Å². The summed E-state index contributed by atoms with van der Waals surface area (Å²) in [6.07, 6.45) is 0.713. The van der Waals surface area contributed by atoms with Crippen molar-refractivity contribution in [3.05, 3.63) is 35.4 Å². The Bertz CT molecular complexity index is 495. The van der Waals surface area contributed by atoms with Crippen molar-refractivity contribution >= 4 is 9.84 Å². The maximum absolute atomic E-state index is 11.4. The molecule has 1 heterocycles. The van der Waals surface area contributed by atoms with Gasteiger partial charge in [-0.3, -0.25) is 0 Å². The molecule has 0 amide bonds. The fourth-order valence-corrected chi connectivity index (χ4v) is 4.11. The summed E-state index contributed by atoms with van der Waals surface area (Å²) >= 11 is 0. The second kappa shape index (κ2) is 4.40. The maximum Gasteiger partial charge on any atom is 0.153 e. The smallest absolute Gasteiger partial charge is 0.153 e. The standard InChI is InChI=1S/C12H17NO3S/c13-8-11-3-1-10(2-4-11)7-12(14)5-6-17(15,16)9-12/h1-4,14H,5-9,13H2. The minimum Gasteiger partial charge on any atom is -0.388 e. The van der Waals surface area contributed by atoms with Crippen molar-refractivity contribution in [1.82, 2.24) is 0 Å². The number of aliphatic hydroxyl groups is 1. The van der Waals surface area contributed by atoms with E-state index in [1.807, 2.05) is 24.3 Å².